The summed E-state index contributed by atoms with van der Waals surface area (Å²) in [5, 5.41) is 23.9. The van der Waals surface area contributed by atoms with Crippen molar-refractivity contribution >= 4 is 0 Å². The summed E-state index contributed by atoms with van der Waals surface area (Å²) < 4.78 is 0. The van der Waals surface area contributed by atoms with E-state index in [4.69, 9.17) is 0 Å². The van der Waals surface area contributed by atoms with E-state index in [1.807, 2.05) is 30.3 Å². The fraction of sp³-hybridized carbons (Fsp3) is 0.200. The zero-order valence-corrected chi connectivity index (χ0v) is 9.67. The van der Waals surface area contributed by atoms with E-state index in [9.17, 15) is 0 Å². The minimum absolute atomic E-state index is 0.355. The number of aryl methyl sites for hydroxylation is 1. The van der Waals surface area contributed by atoms with Crippen molar-refractivity contribution in [3.63, 3.8) is 0 Å². The summed E-state index contributed by atoms with van der Waals surface area (Å²) >= 11 is 0. The molecule has 8 nitrogen and oxygen atoms in total. The second-order valence-electron chi connectivity index (χ2n) is 3.70. The Bertz CT molecular complexity index is 641. The molecule has 0 unspecified atom stereocenters. The number of hydrogen-bond donors (Lipinski definition) is 0. The Balaban J connectivity index is 1.82. The first-order valence-electron chi connectivity index (χ1n) is 5.37. The van der Waals surface area contributed by atoms with E-state index in [0.29, 0.717) is 18.2 Å². The molecule has 2 heterocycles. The minimum Gasteiger partial charge on any atom is -0.167 e. The molecule has 0 spiro atoms. The summed E-state index contributed by atoms with van der Waals surface area (Å²) in [6.45, 7) is 0.355. The van der Waals surface area contributed by atoms with Gasteiger partial charge in [-0.05, 0) is 10.4 Å². The van der Waals surface area contributed by atoms with Gasteiger partial charge in [0.2, 0.25) is 5.82 Å². The van der Waals surface area contributed by atoms with Gasteiger partial charge in [-0.15, -0.1) is 20.4 Å². The first-order chi connectivity index (χ1) is 8.81. The van der Waals surface area contributed by atoms with Gasteiger partial charge in [0.1, 0.15) is 6.54 Å². The second kappa shape index (κ2) is 4.32. The van der Waals surface area contributed by atoms with Gasteiger partial charge in [0, 0.05) is 5.56 Å². The highest BCUT2D eigenvalue weighted by atomic mass is 15.6. The highest BCUT2D eigenvalue weighted by molar-refractivity contribution is 5.52. The third-order valence-corrected chi connectivity index (χ3v) is 2.32. The first kappa shape index (κ1) is 10.5. The zero-order chi connectivity index (χ0) is 12.4. The van der Waals surface area contributed by atoms with Crippen LogP contribution in [0.2, 0.25) is 0 Å². The maximum Gasteiger partial charge on any atom is 0.204 e. The van der Waals surface area contributed by atoms with Crippen LogP contribution in [0.15, 0.2) is 30.3 Å². The molecule has 0 bridgehead atoms. The predicted molar refractivity (Wildman–Crippen MR) is 61.2 cm³/mol. The highest BCUT2D eigenvalue weighted by Gasteiger charge is 2.07. The predicted octanol–water partition coefficient (Wildman–Crippen LogP) is -0.0881. The molecular formula is C10H10N8. The number of aromatic nitrogens is 8. The molecule has 0 saturated heterocycles. The van der Waals surface area contributed by atoms with Crippen LogP contribution in [0.4, 0.5) is 0 Å². The van der Waals surface area contributed by atoms with E-state index in [1.165, 1.54) is 9.59 Å². The number of hydrogen-bond acceptors (Lipinski definition) is 6. The summed E-state index contributed by atoms with van der Waals surface area (Å²) in [5.74, 6) is 1.13. The summed E-state index contributed by atoms with van der Waals surface area (Å²) in [6, 6.07) is 9.67. The average molecular weight is 242 g/mol. The van der Waals surface area contributed by atoms with Crippen LogP contribution in [0.5, 0.6) is 0 Å². The number of tetrazole rings is 2. The molecule has 0 N–H and O–H groups in total. The van der Waals surface area contributed by atoms with Gasteiger partial charge in [-0.3, -0.25) is 0 Å². The standard InChI is InChI=1S/C10H10N8/c1-17-13-9(11-15-17)7-18-14-10(12-16-18)8-5-3-2-4-6-8/h2-6H,7H2,1H3. The van der Waals surface area contributed by atoms with Crippen molar-refractivity contribution in [3.8, 4) is 11.4 Å². The normalized spacial score (nSPS) is 10.7. The third-order valence-electron chi connectivity index (χ3n) is 2.32. The fourth-order valence-electron chi connectivity index (χ4n) is 1.53. The van der Waals surface area contributed by atoms with Crippen molar-refractivity contribution in [3.05, 3.63) is 36.2 Å². The SMILES string of the molecule is Cn1nnc(Cn2nnc(-c3ccccc3)n2)n1. The van der Waals surface area contributed by atoms with Gasteiger partial charge in [0.05, 0.1) is 7.05 Å². The largest absolute Gasteiger partial charge is 0.204 e. The fourth-order valence-corrected chi connectivity index (χ4v) is 1.53. The van der Waals surface area contributed by atoms with Crippen LogP contribution in [0, 0.1) is 0 Å². The molecule has 1 aromatic carbocycles. The molecule has 0 aliphatic heterocycles. The first-order valence-corrected chi connectivity index (χ1v) is 5.37. The van der Waals surface area contributed by atoms with Crippen molar-refractivity contribution in [2.24, 2.45) is 7.05 Å². The highest BCUT2D eigenvalue weighted by Crippen LogP contribution is 2.11. The van der Waals surface area contributed by atoms with Crippen LogP contribution in [0.3, 0.4) is 0 Å². The van der Waals surface area contributed by atoms with Crippen molar-refractivity contribution in [1.29, 1.82) is 0 Å². The molecule has 90 valence electrons. The minimum atomic E-state index is 0.355. The summed E-state index contributed by atoms with van der Waals surface area (Å²) in [6.07, 6.45) is 0. The van der Waals surface area contributed by atoms with E-state index in [0.717, 1.165) is 5.56 Å². The lowest BCUT2D eigenvalue weighted by Crippen LogP contribution is -2.06. The average Bonchev–Trinajstić information content (AvgIpc) is 3.01. The van der Waals surface area contributed by atoms with Gasteiger partial charge >= 0.3 is 0 Å². The Morgan fingerprint density at radius 3 is 2.56 bits per heavy atom. The van der Waals surface area contributed by atoms with Crippen molar-refractivity contribution < 1.29 is 0 Å². The van der Waals surface area contributed by atoms with Gasteiger partial charge in [-0.25, -0.2) is 0 Å². The van der Waals surface area contributed by atoms with E-state index in [2.05, 4.69) is 30.8 Å². The Kier molecular flexibility index (Phi) is 2.52. The van der Waals surface area contributed by atoms with Crippen LogP contribution in [-0.4, -0.2) is 40.4 Å². The smallest absolute Gasteiger partial charge is 0.167 e. The van der Waals surface area contributed by atoms with Crippen LogP contribution in [0.1, 0.15) is 5.82 Å². The van der Waals surface area contributed by atoms with Gasteiger partial charge in [0.15, 0.2) is 5.82 Å². The number of benzene rings is 1. The van der Waals surface area contributed by atoms with Crippen LogP contribution in [0.25, 0.3) is 11.4 Å². The van der Waals surface area contributed by atoms with Gasteiger partial charge < -0.3 is 0 Å². The topological polar surface area (TPSA) is 87.2 Å². The molecular weight excluding hydrogens is 232 g/mol. The number of nitrogens with zero attached hydrogens (tertiary/aromatic N) is 8. The molecule has 0 aliphatic carbocycles. The molecule has 18 heavy (non-hydrogen) atoms. The second-order valence-corrected chi connectivity index (χ2v) is 3.70. The molecule has 0 radical (unpaired) electrons. The van der Waals surface area contributed by atoms with Gasteiger partial charge in [-0.1, -0.05) is 30.3 Å². The molecule has 8 heteroatoms. The van der Waals surface area contributed by atoms with Crippen molar-refractivity contribution in [2.45, 2.75) is 6.54 Å². The molecule has 3 aromatic rings. The molecule has 0 saturated carbocycles. The summed E-state index contributed by atoms with van der Waals surface area (Å²) in [4.78, 5) is 2.84. The van der Waals surface area contributed by atoms with E-state index in [-0.39, 0.29) is 0 Å². The summed E-state index contributed by atoms with van der Waals surface area (Å²) in [7, 11) is 1.71. The van der Waals surface area contributed by atoms with E-state index in [1.54, 1.807) is 7.05 Å². The van der Waals surface area contributed by atoms with Gasteiger partial charge in [0.25, 0.3) is 0 Å². The Hall–Kier alpha value is -2.64. The Morgan fingerprint density at radius 1 is 1.00 bits per heavy atom. The molecule has 3 rings (SSSR count). The van der Waals surface area contributed by atoms with Crippen molar-refractivity contribution in [2.75, 3.05) is 0 Å². The molecule has 0 fully saturated rings. The molecule has 0 amide bonds. The van der Waals surface area contributed by atoms with Crippen molar-refractivity contribution in [1.82, 2.24) is 40.4 Å². The third kappa shape index (κ3) is 2.08. The Morgan fingerprint density at radius 2 is 1.83 bits per heavy atom. The maximum absolute atomic E-state index is 4.26. The molecule has 0 aliphatic rings. The maximum atomic E-state index is 4.26. The number of rotatable bonds is 3. The quantitative estimate of drug-likeness (QED) is 0.638. The van der Waals surface area contributed by atoms with E-state index < -0.39 is 0 Å². The summed E-state index contributed by atoms with van der Waals surface area (Å²) in [5.41, 5.74) is 0.927. The van der Waals surface area contributed by atoms with Crippen LogP contribution in [-0.2, 0) is 13.6 Å². The van der Waals surface area contributed by atoms with Gasteiger partial charge in [-0.2, -0.15) is 9.59 Å². The van der Waals surface area contributed by atoms with E-state index >= 15 is 0 Å². The lowest BCUT2D eigenvalue weighted by molar-refractivity contribution is 0.550. The van der Waals surface area contributed by atoms with Crippen LogP contribution < -0.4 is 0 Å². The zero-order valence-electron chi connectivity index (χ0n) is 9.67. The lowest BCUT2D eigenvalue weighted by Gasteiger charge is -1.92. The monoisotopic (exact) mass is 242 g/mol. The Labute approximate surface area is 102 Å². The lowest BCUT2D eigenvalue weighted by atomic mass is 10.2. The molecule has 0 atom stereocenters. The molecule has 2 aromatic heterocycles. The van der Waals surface area contributed by atoms with Crippen LogP contribution >= 0.6 is 0 Å².